The molecule has 140 valence electrons. The van der Waals surface area contributed by atoms with Crippen molar-refractivity contribution in [1.82, 2.24) is 10.2 Å². The quantitative estimate of drug-likeness (QED) is 0.909. The van der Waals surface area contributed by atoms with Crippen molar-refractivity contribution in [3.8, 4) is 5.75 Å². The van der Waals surface area contributed by atoms with Gasteiger partial charge in [0.1, 0.15) is 5.75 Å². The van der Waals surface area contributed by atoms with Gasteiger partial charge in [0.05, 0.1) is 6.61 Å². The van der Waals surface area contributed by atoms with Crippen LogP contribution in [0.3, 0.4) is 0 Å². The maximum Gasteiger partial charge on any atom is 0.253 e. The van der Waals surface area contributed by atoms with Gasteiger partial charge in [-0.25, -0.2) is 0 Å². The zero-order chi connectivity index (χ0) is 18.3. The molecule has 4 heteroatoms. The van der Waals surface area contributed by atoms with E-state index in [1.807, 2.05) is 18.2 Å². The summed E-state index contributed by atoms with van der Waals surface area (Å²) in [5, 5.41) is 3.58. The Bertz CT molecular complexity index is 851. The third kappa shape index (κ3) is 3.02. The van der Waals surface area contributed by atoms with Gasteiger partial charge in [-0.3, -0.25) is 4.79 Å². The monoisotopic (exact) mass is 362 g/mol. The third-order valence-corrected chi connectivity index (χ3v) is 6.66. The second-order valence-electron chi connectivity index (χ2n) is 8.28. The van der Waals surface area contributed by atoms with Crippen molar-refractivity contribution in [3.05, 3.63) is 65.2 Å². The van der Waals surface area contributed by atoms with Gasteiger partial charge in [0.15, 0.2) is 0 Å². The van der Waals surface area contributed by atoms with Gasteiger partial charge in [0, 0.05) is 43.6 Å². The molecule has 0 aliphatic carbocycles. The number of amides is 1. The lowest BCUT2D eigenvalue weighted by molar-refractivity contribution is 0.0769. The first-order valence-electron chi connectivity index (χ1n) is 10.0. The first-order chi connectivity index (χ1) is 13.2. The summed E-state index contributed by atoms with van der Waals surface area (Å²) < 4.78 is 5.58. The Hall–Kier alpha value is -2.33. The van der Waals surface area contributed by atoms with Gasteiger partial charge in [-0.2, -0.15) is 0 Å². The Balaban J connectivity index is 1.32. The highest BCUT2D eigenvalue weighted by Gasteiger charge is 2.50. The maximum atomic E-state index is 13.2. The van der Waals surface area contributed by atoms with Crippen LogP contribution in [0.4, 0.5) is 0 Å². The van der Waals surface area contributed by atoms with Gasteiger partial charge < -0.3 is 15.0 Å². The molecule has 2 unspecified atom stereocenters. The molecule has 2 fully saturated rings. The van der Waals surface area contributed by atoms with E-state index in [1.54, 1.807) is 0 Å². The molecule has 1 amide bonds. The molecular weight excluding hydrogens is 336 g/mol. The molecule has 0 radical (unpaired) electrons. The lowest BCUT2D eigenvalue weighted by Gasteiger charge is -2.28. The van der Waals surface area contributed by atoms with Gasteiger partial charge in [-0.1, -0.05) is 30.3 Å². The molecule has 2 atom stereocenters. The molecule has 2 aromatic carbocycles. The van der Waals surface area contributed by atoms with Crippen molar-refractivity contribution >= 4 is 5.91 Å². The molecule has 1 N–H and O–H groups in total. The highest BCUT2D eigenvalue weighted by atomic mass is 16.5. The largest absolute Gasteiger partial charge is 0.493 e. The molecule has 27 heavy (non-hydrogen) atoms. The highest BCUT2D eigenvalue weighted by molar-refractivity contribution is 5.95. The molecule has 0 aromatic heterocycles. The van der Waals surface area contributed by atoms with Crippen LogP contribution in [-0.4, -0.2) is 43.6 Å². The summed E-state index contributed by atoms with van der Waals surface area (Å²) >= 11 is 0. The van der Waals surface area contributed by atoms with Gasteiger partial charge in [-0.15, -0.1) is 0 Å². The molecule has 2 aromatic rings. The van der Waals surface area contributed by atoms with Gasteiger partial charge in [0.25, 0.3) is 5.91 Å². The molecule has 3 aliphatic rings. The van der Waals surface area contributed by atoms with Crippen LogP contribution in [0.15, 0.2) is 48.5 Å². The lowest BCUT2D eigenvalue weighted by Crippen LogP contribution is -2.36. The van der Waals surface area contributed by atoms with Crippen molar-refractivity contribution in [3.63, 3.8) is 0 Å². The third-order valence-electron chi connectivity index (χ3n) is 6.66. The Morgan fingerprint density at radius 1 is 1.22 bits per heavy atom. The van der Waals surface area contributed by atoms with Crippen LogP contribution in [0.25, 0.3) is 0 Å². The summed E-state index contributed by atoms with van der Waals surface area (Å²) in [7, 11) is 0. The van der Waals surface area contributed by atoms with E-state index in [0.29, 0.717) is 5.92 Å². The summed E-state index contributed by atoms with van der Waals surface area (Å²) in [5.74, 6) is 1.68. The summed E-state index contributed by atoms with van der Waals surface area (Å²) in [5.41, 5.74) is 3.58. The number of carbonyl (C=O) groups excluding carboxylic acids is 1. The second-order valence-corrected chi connectivity index (χ2v) is 8.28. The standard InChI is InChI=1S/C23H26N2O2/c26-22(19-6-7-21-18(12-19)9-11-27-21)25-14-20-13-24-15-23(20,16-25)10-8-17-4-2-1-3-5-17/h1-7,12,20,24H,8-11,13-16H2. The van der Waals surface area contributed by atoms with Crippen LogP contribution in [0.2, 0.25) is 0 Å². The molecular formula is C23H26N2O2. The molecule has 0 saturated carbocycles. The minimum Gasteiger partial charge on any atom is -0.493 e. The van der Waals surface area contributed by atoms with Crippen molar-refractivity contribution in [2.24, 2.45) is 11.3 Å². The number of hydrogen-bond acceptors (Lipinski definition) is 3. The number of fused-ring (bicyclic) bond motifs is 2. The topological polar surface area (TPSA) is 41.6 Å². The number of likely N-dealkylation sites (tertiary alicyclic amines) is 1. The SMILES string of the molecule is O=C(c1ccc2c(c1)CCO2)N1CC2CNCC2(CCc2ccccc2)C1. The number of nitrogens with one attached hydrogen (secondary N) is 1. The number of aryl methyl sites for hydroxylation is 1. The smallest absolute Gasteiger partial charge is 0.253 e. The normalized spacial score (nSPS) is 25.9. The Labute approximate surface area is 160 Å². The summed E-state index contributed by atoms with van der Waals surface area (Å²) in [6.45, 7) is 4.51. The van der Waals surface area contributed by atoms with E-state index in [-0.39, 0.29) is 11.3 Å². The van der Waals surface area contributed by atoms with E-state index < -0.39 is 0 Å². The predicted molar refractivity (Wildman–Crippen MR) is 105 cm³/mol. The number of rotatable bonds is 4. The van der Waals surface area contributed by atoms with Crippen LogP contribution in [0, 0.1) is 11.3 Å². The fraction of sp³-hybridized carbons (Fsp3) is 0.435. The Morgan fingerprint density at radius 3 is 3.00 bits per heavy atom. The fourth-order valence-electron chi connectivity index (χ4n) is 5.08. The zero-order valence-electron chi connectivity index (χ0n) is 15.6. The number of benzene rings is 2. The van der Waals surface area contributed by atoms with Crippen molar-refractivity contribution in [1.29, 1.82) is 0 Å². The van der Waals surface area contributed by atoms with E-state index in [9.17, 15) is 4.79 Å². The first kappa shape index (κ1) is 16.8. The van der Waals surface area contributed by atoms with Crippen molar-refractivity contribution < 1.29 is 9.53 Å². The Morgan fingerprint density at radius 2 is 2.11 bits per heavy atom. The highest BCUT2D eigenvalue weighted by Crippen LogP contribution is 2.43. The zero-order valence-corrected chi connectivity index (χ0v) is 15.6. The van der Waals surface area contributed by atoms with E-state index in [4.69, 9.17) is 4.74 Å². The van der Waals surface area contributed by atoms with Crippen LogP contribution in [0.1, 0.15) is 27.9 Å². The number of nitrogens with zero attached hydrogens (tertiary/aromatic N) is 1. The van der Waals surface area contributed by atoms with Crippen LogP contribution in [0.5, 0.6) is 5.75 Å². The van der Waals surface area contributed by atoms with Crippen LogP contribution in [-0.2, 0) is 12.8 Å². The van der Waals surface area contributed by atoms with E-state index >= 15 is 0 Å². The van der Waals surface area contributed by atoms with Crippen LogP contribution >= 0.6 is 0 Å². The molecule has 0 spiro atoms. The average molecular weight is 362 g/mol. The van der Waals surface area contributed by atoms with Gasteiger partial charge >= 0.3 is 0 Å². The van der Waals surface area contributed by atoms with Gasteiger partial charge in [-0.05, 0) is 48.1 Å². The summed E-state index contributed by atoms with van der Waals surface area (Å²) in [4.78, 5) is 15.3. The summed E-state index contributed by atoms with van der Waals surface area (Å²) in [6.07, 6.45) is 3.12. The molecule has 0 bridgehead atoms. The molecule has 5 rings (SSSR count). The first-order valence-corrected chi connectivity index (χ1v) is 10.0. The predicted octanol–water partition coefficient (Wildman–Crippen LogP) is 2.92. The minimum absolute atomic E-state index is 0.179. The molecule has 4 nitrogen and oxygen atoms in total. The second kappa shape index (κ2) is 6.68. The molecule has 3 aliphatic heterocycles. The molecule has 3 heterocycles. The van der Waals surface area contributed by atoms with Crippen LogP contribution < -0.4 is 10.1 Å². The van der Waals surface area contributed by atoms with E-state index in [0.717, 1.165) is 63.4 Å². The number of ether oxygens (including phenoxy) is 1. The minimum atomic E-state index is 0.179. The van der Waals surface area contributed by atoms with Gasteiger partial charge in [0.2, 0.25) is 0 Å². The van der Waals surface area contributed by atoms with E-state index in [1.165, 1.54) is 11.1 Å². The Kier molecular flexibility index (Phi) is 4.16. The average Bonchev–Trinajstić information content (AvgIpc) is 3.40. The fourth-order valence-corrected chi connectivity index (χ4v) is 5.08. The van der Waals surface area contributed by atoms with Crippen molar-refractivity contribution in [2.75, 3.05) is 32.8 Å². The molecule has 2 saturated heterocycles. The maximum absolute atomic E-state index is 13.2. The summed E-state index contributed by atoms with van der Waals surface area (Å²) in [6, 6.07) is 16.6. The number of carbonyl (C=O) groups is 1. The van der Waals surface area contributed by atoms with Crippen molar-refractivity contribution in [2.45, 2.75) is 19.3 Å². The number of hydrogen-bond donors (Lipinski definition) is 1. The van der Waals surface area contributed by atoms with E-state index in [2.05, 4.69) is 40.5 Å². The lowest BCUT2D eigenvalue weighted by atomic mass is 9.76.